The highest BCUT2D eigenvalue weighted by Crippen LogP contribution is 2.33. The fourth-order valence-corrected chi connectivity index (χ4v) is 4.06. The molecule has 1 heterocycles. The second-order valence-corrected chi connectivity index (χ2v) is 7.57. The molecule has 0 atom stereocenters. The molecule has 130 valence electrons. The Bertz CT molecular complexity index is 838. The van der Waals surface area contributed by atoms with Crippen molar-refractivity contribution < 1.29 is 9.59 Å². The number of halogens is 3. The van der Waals surface area contributed by atoms with Crippen molar-refractivity contribution in [3.63, 3.8) is 0 Å². The van der Waals surface area contributed by atoms with Crippen LogP contribution in [0.15, 0.2) is 35.2 Å². The van der Waals surface area contributed by atoms with Crippen LogP contribution in [-0.4, -0.2) is 17.6 Å². The lowest BCUT2D eigenvalue weighted by atomic mass is 10.2. The number of benzene rings is 2. The van der Waals surface area contributed by atoms with Crippen LogP contribution in [0.5, 0.6) is 0 Å². The van der Waals surface area contributed by atoms with Gasteiger partial charge in [-0.05, 0) is 30.3 Å². The van der Waals surface area contributed by atoms with E-state index >= 15 is 0 Å². The van der Waals surface area contributed by atoms with Crippen molar-refractivity contribution in [1.82, 2.24) is 5.43 Å². The fraction of sp³-hybridized carbons (Fsp3) is 0.125. The summed E-state index contributed by atoms with van der Waals surface area (Å²) >= 11 is 19.5. The minimum Gasteiger partial charge on any atom is -0.325 e. The van der Waals surface area contributed by atoms with E-state index in [1.807, 2.05) is 6.07 Å². The van der Waals surface area contributed by atoms with E-state index in [0.717, 1.165) is 4.90 Å². The van der Waals surface area contributed by atoms with Gasteiger partial charge in [0.25, 0.3) is 5.91 Å². The lowest BCUT2D eigenvalue weighted by Crippen LogP contribution is -2.29. The second kappa shape index (κ2) is 7.74. The third-order valence-electron chi connectivity index (χ3n) is 3.41. The number of hydrogen-bond donors (Lipinski definition) is 3. The molecule has 1 aliphatic rings. The zero-order chi connectivity index (χ0) is 18.0. The first-order chi connectivity index (χ1) is 11.9. The molecule has 2 amide bonds. The van der Waals surface area contributed by atoms with Gasteiger partial charge in [0.05, 0.1) is 21.4 Å². The summed E-state index contributed by atoms with van der Waals surface area (Å²) < 4.78 is 0. The van der Waals surface area contributed by atoms with Gasteiger partial charge in [0, 0.05) is 27.7 Å². The molecule has 0 spiro atoms. The molecule has 0 saturated heterocycles. The maximum absolute atomic E-state index is 12.4. The Labute approximate surface area is 163 Å². The van der Waals surface area contributed by atoms with Crippen LogP contribution in [0, 0.1) is 0 Å². The van der Waals surface area contributed by atoms with Gasteiger partial charge >= 0.3 is 0 Å². The Morgan fingerprint density at radius 2 is 1.84 bits per heavy atom. The van der Waals surface area contributed by atoms with Crippen molar-refractivity contribution in [3.8, 4) is 0 Å². The number of fused-ring (bicyclic) bond motifs is 1. The Morgan fingerprint density at radius 1 is 1.12 bits per heavy atom. The summed E-state index contributed by atoms with van der Waals surface area (Å²) in [4.78, 5) is 24.9. The number of rotatable bonds is 3. The van der Waals surface area contributed by atoms with Gasteiger partial charge in [-0.3, -0.25) is 20.4 Å². The largest absolute Gasteiger partial charge is 0.325 e. The highest BCUT2D eigenvalue weighted by Gasteiger charge is 2.16. The van der Waals surface area contributed by atoms with E-state index in [9.17, 15) is 9.59 Å². The van der Waals surface area contributed by atoms with Crippen LogP contribution in [-0.2, 0) is 4.79 Å². The van der Waals surface area contributed by atoms with Gasteiger partial charge < -0.3 is 5.32 Å². The molecule has 0 bridgehead atoms. The number of thioether (sulfide) groups is 1. The van der Waals surface area contributed by atoms with Crippen LogP contribution in [0.2, 0.25) is 15.1 Å². The fourth-order valence-electron chi connectivity index (χ4n) is 2.21. The standard InChI is InChI=1S/C16H12Cl3N3O2S/c17-9-6-10(18)15(11(19)7-9)21-22-16(24)8-1-2-13-12(5-8)20-14(23)3-4-25-13/h1-2,5-7,21H,3-4H2,(H,20,23)(H,22,24). The van der Waals surface area contributed by atoms with Gasteiger partial charge in [0.15, 0.2) is 0 Å². The van der Waals surface area contributed by atoms with Crippen molar-refractivity contribution >= 4 is 69.8 Å². The average molecular weight is 417 g/mol. The van der Waals surface area contributed by atoms with Crippen molar-refractivity contribution in [3.05, 3.63) is 51.0 Å². The highest BCUT2D eigenvalue weighted by molar-refractivity contribution is 7.99. The van der Waals surface area contributed by atoms with Crippen LogP contribution in [0.1, 0.15) is 16.8 Å². The van der Waals surface area contributed by atoms with E-state index in [4.69, 9.17) is 34.8 Å². The summed E-state index contributed by atoms with van der Waals surface area (Å²) in [5.41, 5.74) is 6.58. The lowest BCUT2D eigenvalue weighted by molar-refractivity contribution is -0.115. The molecule has 0 aliphatic carbocycles. The third kappa shape index (κ3) is 4.33. The predicted octanol–water partition coefficient (Wildman–Crippen LogP) is 4.84. The zero-order valence-corrected chi connectivity index (χ0v) is 15.7. The molecule has 3 N–H and O–H groups in total. The van der Waals surface area contributed by atoms with Crippen molar-refractivity contribution in [1.29, 1.82) is 0 Å². The van der Waals surface area contributed by atoms with E-state index in [2.05, 4.69) is 16.2 Å². The number of hydrogen-bond acceptors (Lipinski definition) is 4. The van der Waals surface area contributed by atoms with E-state index < -0.39 is 5.91 Å². The SMILES string of the molecule is O=C1CCSc2ccc(C(=O)NNc3c(Cl)cc(Cl)cc3Cl)cc2N1. The van der Waals surface area contributed by atoms with Crippen LogP contribution < -0.4 is 16.2 Å². The zero-order valence-electron chi connectivity index (χ0n) is 12.7. The summed E-state index contributed by atoms with van der Waals surface area (Å²) in [6.07, 6.45) is 0.440. The number of carbonyl (C=O) groups excluding carboxylic acids is 2. The molecule has 0 saturated carbocycles. The molecule has 3 rings (SSSR count). The third-order valence-corrected chi connectivity index (χ3v) is 5.30. The smallest absolute Gasteiger partial charge is 0.269 e. The summed E-state index contributed by atoms with van der Waals surface area (Å²) in [6.45, 7) is 0. The first-order valence-electron chi connectivity index (χ1n) is 7.21. The summed E-state index contributed by atoms with van der Waals surface area (Å²) in [6, 6.07) is 8.15. The normalized spacial score (nSPS) is 13.5. The Balaban J connectivity index is 1.75. The molecule has 2 aromatic rings. The first-order valence-corrected chi connectivity index (χ1v) is 9.33. The quantitative estimate of drug-likeness (QED) is 0.626. The van der Waals surface area contributed by atoms with Gasteiger partial charge in [-0.2, -0.15) is 0 Å². The van der Waals surface area contributed by atoms with Crippen LogP contribution in [0.4, 0.5) is 11.4 Å². The topological polar surface area (TPSA) is 70.2 Å². The number of amides is 2. The molecule has 0 unspecified atom stereocenters. The van der Waals surface area contributed by atoms with Gasteiger partial charge in [-0.25, -0.2) is 0 Å². The van der Waals surface area contributed by atoms with E-state index in [1.165, 1.54) is 12.1 Å². The molecule has 1 aliphatic heterocycles. The van der Waals surface area contributed by atoms with Crippen molar-refractivity contribution in [2.45, 2.75) is 11.3 Å². The maximum atomic E-state index is 12.4. The highest BCUT2D eigenvalue weighted by atomic mass is 35.5. The molecule has 0 radical (unpaired) electrons. The molecule has 0 aromatic heterocycles. The number of anilines is 2. The van der Waals surface area contributed by atoms with Gasteiger partial charge in [-0.1, -0.05) is 34.8 Å². The lowest BCUT2D eigenvalue weighted by Gasteiger charge is -2.13. The second-order valence-electron chi connectivity index (χ2n) is 5.18. The van der Waals surface area contributed by atoms with Crippen LogP contribution in [0.3, 0.4) is 0 Å². The monoisotopic (exact) mass is 415 g/mol. The number of carbonyl (C=O) groups is 2. The molecule has 9 heteroatoms. The molecule has 2 aromatic carbocycles. The van der Waals surface area contributed by atoms with Crippen molar-refractivity contribution in [2.75, 3.05) is 16.5 Å². The van der Waals surface area contributed by atoms with E-state index in [0.29, 0.717) is 34.1 Å². The van der Waals surface area contributed by atoms with Crippen molar-refractivity contribution in [2.24, 2.45) is 0 Å². The van der Waals surface area contributed by atoms with Crippen LogP contribution in [0.25, 0.3) is 0 Å². The molecule has 5 nitrogen and oxygen atoms in total. The van der Waals surface area contributed by atoms with E-state index in [1.54, 1.807) is 23.9 Å². The molecule has 0 fully saturated rings. The summed E-state index contributed by atoms with van der Waals surface area (Å²) in [7, 11) is 0. The van der Waals surface area contributed by atoms with E-state index in [-0.39, 0.29) is 16.0 Å². The maximum Gasteiger partial charge on any atom is 0.269 e. The van der Waals surface area contributed by atoms with Gasteiger partial charge in [-0.15, -0.1) is 11.8 Å². The minimum absolute atomic E-state index is 0.0679. The summed E-state index contributed by atoms with van der Waals surface area (Å²) in [5, 5.41) is 3.75. The molecule has 25 heavy (non-hydrogen) atoms. The Morgan fingerprint density at radius 3 is 2.56 bits per heavy atom. The molecular formula is C16H12Cl3N3O2S. The Hall–Kier alpha value is -1.60. The predicted molar refractivity (Wildman–Crippen MR) is 103 cm³/mol. The first kappa shape index (κ1) is 18.2. The van der Waals surface area contributed by atoms with Crippen LogP contribution >= 0.6 is 46.6 Å². The number of hydrazine groups is 1. The van der Waals surface area contributed by atoms with Gasteiger partial charge in [0.2, 0.25) is 5.91 Å². The molecular weight excluding hydrogens is 405 g/mol. The number of nitrogens with one attached hydrogen (secondary N) is 3. The average Bonchev–Trinajstić information content (AvgIpc) is 2.73. The minimum atomic E-state index is -0.395. The summed E-state index contributed by atoms with van der Waals surface area (Å²) in [5.74, 6) is 0.245. The Kier molecular flexibility index (Phi) is 5.64. The van der Waals surface area contributed by atoms with Gasteiger partial charge in [0.1, 0.15) is 0 Å².